The summed E-state index contributed by atoms with van der Waals surface area (Å²) < 4.78 is 44.2. The number of sulfonamides is 1. The van der Waals surface area contributed by atoms with E-state index in [4.69, 9.17) is 0 Å². The molecule has 0 bridgehead atoms. The van der Waals surface area contributed by atoms with Gasteiger partial charge in [0.2, 0.25) is 10.0 Å². The van der Waals surface area contributed by atoms with Gasteiger partial charge in [0.05, 0.1) is 17.6 Å². The van der Waals surface area contributed by atoms with Gasteiger partial charge >= 0.3 is 12.0 Å². The number of nitrogens with zero attached hydrogens (tertiary/aromatic N) is 2. The van der Waals surface area contributed by atoms with Gasteiger partial charge in [-0.2, -0.15) is 4.31 Å². The fourth-order valence-corrected chi connectivity index (χ4v) is 4.32. The van der Waals surface area contributed by atoms with Gasteiger partial charge in [0, 0.05) is 31.9 Å². The number of nitrogens with one attached hydrogen (secondary N) is 1. The van der Waals surface area contributed by atoms with Gasteiger partial charge in [-0.3, -0.25) is 0 Å². The second-order valence-corrected chi connectivity index (χ2v) is 8.28. The van der Waals surface area contributed by atoms with E-state index in [1.54, 1.807) is 12.1 Å². The number of carbonyl (C=O) groups excluding carboxylic acids is 2. The number of benzene rings is 2. The van der Waals surface area contributed by atoms with E-state index in [0.29, 0.717) is 11.3 Å². The second-order valence-electron chi connectivity index (χ2n) is 6.34. The van der Waals surface area contributed by atoms with Crippen molar-refractivity contribution in [2.75, 3.05) is 38.6 Å². The van der Waals surface area contributed by atoms with Crippen LogP contribution in [-0.2, 0) is 14.8 Å². The fourth-order valence-electron chi connectivity index (χ4n) is 2.90. The Morgan fingerprint density at radius 3 is 2.10 bits per heavy atom. The number of rotatable bonds is 4. The molecule has 2 amide bonds. The summed E-state index contributed by atoms with van der Waals surface area (Å²) in [5.41, 5.74) is 0.870. The van der Waals surface area contributed by atoms with E-state index in [9.17, 15) is 22.4 Å². The number of hydrogen-bond donors (Lipinski definition) is 1. The highest BCUT2D eigenvalue weighted by Gasteiger charge is 2.30. The highest BCUT2D eigenvalue weighted by molar-refractivity contribution is 7.89. The molecule has 0 spiro atoms. The maximum Gasteiger partial charge on any atom is 0.337 e. The fraction of sp³-hybridized carbons (Fsp3) is 0.263. The van der Waals surface area contributed by atoms with Crippen LogP contribution in [0.3, 0.4) is 0 Å². The Morgan fingerprint density at radius 2 is 1.55 bits per heavy atom. The monoisotopic (exact) mass is 421 g/mol. The van der Waals surface area contributed by atoms with Crippen LogP contribution < -0.4 is 5.32 Å². The van der Waals surface area contributed by atoms with Crippen LogP contribution in [0.1, 0.15) is 10.4 Å². The van der Waals surface area contributed by atoms with Crippen molar-refractivity contribution in [3.63, 3.8) is 0 Å². The molecule has 1 heterocycles. The van der Waals surface area contributed by atoms with Crippen molar-refractivity contribution in [2.45, 2.75) is 4.90 Å². The number of amides is 2. The first-order valence-corrected chi connectivity index (χ1v) is 10.3. The van der Waals surface area contributed by atoms with Gasteiger partial charge in [-0.15, -0.1) is 0 Å². The molecule has 2 aromatic carbocycles. The average molecular weight is 421 g/mol. The summed E-state index contributed by atoms with van der Waals surface area (Å²) in [6.45, 7) is 0.696. The number of hydrogen-bond acceptors (Lipinski definition) is 5. The van der Waals surface area contributed by atoms with Gasteiger partial charge in [0.15, 0.2) is 0 Å². The molecule has 0 radical (unpaired) electrons. The third kappa shape index (κ3) is 4.72. The second kappa shape index (κ2) is 8.58. The molecule has 8 nitrogen and oxygen atoms in total. The van der Waals surface area contributed by atoms with Crippen LogP contribution in [0.5, 0.6) is 0 Å². The van der Waals surface area contributed by atoms with Crippen molar-refractivity contribution in [1.29, 1.82) is 0 Å². The van der Waals surface area contributed by atoms with Crippen molar-refractivity contribution >= 4 is 27.7 Å². The molecule has 1 fully saturated rings. The average Bonchev–Trinajstić information content (AvgIpc) is 2.74. The van der Waals surface area contributed by atoms with Gasteiger partial charge in [0.25, 0.3) is 0 Å². The Balaban J connectivity index is 1.58. The van der Waals surface area contributed by atoms with Crippen LogP contribution >= 0.6 is 0 Å². The molecule has 1 aliphatic rings. The maximum absolute atomic E-state index is 13.0. The van der Waals surface area contributed by atoms with Crippen LogP contribution in [0.15, 0.2) is 53.4 Å². The van der Waals surface area contributed by atoms with Crippen LogP contribution in [0.2, 0.25) is 0 Å². The van der Waals surface area contributed by atoms with E-state index in [1.807, 2.05) is 0 Å². The Morgan fingerprint density at radius 1 is 0.966 bits per heavy atom. The minimum absolute atomic E-state index is 0.0162. The zero-order valence-electron chi connectivity index (χ0n) is 15.7. The summed E-state index contributed by atoms with van der Waals surface area (Å²) in [6, 6.07) is 10.5. The minimum Gasteiger partial charge on any atom is -0.465 e. The largest absolute Gasteiger partial charge is 0.465 e. The third-order valence-electron chi connectivity index (χ3n) is 4.53. The van der Waals surface area contributed by atoms with E-state index in [1.165, 1.54) is 40.6 Å². The normalized spacial score (nSPS) is 15.0. The molecule has 0 unspecified atom stereocenters. The molecule has 154 valence electrons. The van der Waals surface area contributed by atoms with Crippen LogP contribution in [-0.4, -0.2) is 62.9 Å². The smallest absolute Gasteiger partial charge is 0.337 e. The lowest BCUT2D eigenvalue weighted by Crippen LogP contribution is -2.51. The van der Waals surface area contributed by atoms with Crippen LogP contribution in [0.25, 0.3) is 0 Å². The number of ether oxygens (including phenoxy) is 1. The number of methoxy groups -OCH3 is 1. The SMILES string of the molecule is COC(=O)c1ccc(NC(=O)N2CCN(S(=O)(=O)c3ccc(F)cc3)CC2)cc1. The first kappa shape index (κ1) is 20.7. The van der Waals surface area contributed by atoms with E-state index in [2.05, 4.69) is 10.1 Å². The molecular weight excluding hydrogens is 401 g/mol. The van der Waals surface area contributed by atoms with Crippen LogP contribution in [0, 0.1) is 5.82 Å². The Bertz CT molecular complexity index is 986. The number of urea groups is 1. The molecule has 1 saturated heterocycles. The molecule has 0 saturated carbocycles. The van der Waals surface area contributed by atoms with Crippen molar-refractivity contribution in [3.8, 4) is 0 Å². The predicted octanol–water partition coefficient (Wildman–Crippen LogP) is 2.15. The number of halogens is 1. The van der Waals surface area contributed by atoms with E-state index < -0.39 is 21.8 Å². The maximum atomic E-state index is 13.0. The Kier molecular flexibility index (Phi) is 6.14. The lowest BCUT2D eigenvalue weighted by Gasteiger charge is -2.34. The Hall–Kier alpha value is -2.98. The molecule has 2 aromatic rings. The zero-order valence-corrected chi connectivity index (χ0v) is 16.5. The third-order valence-corrected chi connectivity index (χ3v) is 6.45. The molecule has 0 aliphatic carbocycles. The number of piperazine rings is 1. The van der Waals surface area contributed by atoms with Crippen molar-refractivity contribution < 1.29 is 27.1 Å². The van der Waals surface area contributed by atoms with Gasteiger partial charge in [-0.1, -0.05) is 0 Å². The molecule has 0 aromatic heterocycles. The topological polar surface area (TPSA) is 96.0 Å². The van der Waals surface area contributed by atoms with Crippen molar-refractivity contribution in [2.24, 2.45) is 0 Å². The quantitative estimate of drug-likeness (QED) is 0.764. The first-order chi connectivity index (χ1) is 13.8. The number of esters is 1. The highest BCUT2D eigenvalue weighted by Crippen LogP contribution is 2.19. The summed E-state index contributed by atoms with van der Waals surface area (Å²) in [4.78, 5) is 25.4. The van der Waals surface area contributed by atoms with Gasteiger partial charge in [-0.05, 0) is 48.5 Å². The molecule has 3 rings (SSSR count). The number of carbonyl (C=O) groups is 2. The van der Waals surface area contributed by atoms with Crippen LogP contribution in [0.4, 0.5) is 14.9 Å². The number of anilines is 1. The van der Waals surface area contributed by atoms with Gasteiger partial charge in [-0.25, -0.2) is 22.4 Å². The van der Waals surface area contributed by atoms with Crippen molar-refractivity contribution in [3.05, 3.63) is 59.9 Å². The van der Waals surface area contributed by atoms with Crippen molar-refractivity contribution in [1.82, 2.24) is 9.21 Å². The molecule has 10 heteroatoms. The summed E-state index contributed by atoms with van der Waals surface area (Å²) in [5.74, 6) is -0.980. The zero-order chi connectivity index (χ0) is 21.0. The summed E-state index contributed by atoms with van der Waals surface area (Å²) in [6.07, 6.45) is 0. The lowest BCUT2D eigenvalue weighted by molar-refractivity contribution is 0.0600. The molecule has 1 aliphatic heterocycles. The highest BCUT2D eigenvalue weighted by atomic mass is 32.2. The van der Waals surface area contributed by atoms with E-state index in [0.717, 1.165) is 12.1 Å². The lowest BCUT2D eigenvalue weighted by atomic mass is 10.2. The summed E-state index contributed by atoms with van der Waals surface area (Å²) in [5, 5.41) is 2.71. The summed E-state index contributed by atoms with van der Waals surface area (Å²) in [7, 11) is -2.45. The van der Waals surface area contributed by atoms with Gasteiger partial charge in [0.1, 0.15) is 5.82 Å². The van der Waals surface area contributed by atoms with E-state index in [-0.39, 0.29) is 37.1 Å². The summed E-state index contributed by atoms with van der Waals surface area (Å²) >= 11 is 0. The van der Waals surface area contributed by atoms with Gasteiger partial charge < -0.3 is 15.0 Å². The molecular formula is C19H20FN3O5S. The molecule has 29 heavy (non-hydrogen) atoms. The predicted molar refractivity (Wildman–Crippen MR) is 104 cm³/mol. The molecule has 1 N–H and O–H groups in total. The minimum atomic E-state index is -3.74. The molecule has 0 atom stereocenters. The van der Waals surface area contributed by atoms with E-state index >= 15 is 0 Å². The standard InChI is InChI=1S/C19H20FN3O5S/c1-28-18(24)14-2-6-16(7-3-14)21-19(25)22-10-12-23(13-11-22)29(26,27)17-8-4-15(20)5-9-17/h2-9H,10-13H2,1H3,(H,21,25). The first-order valence-electron chi connectivity index (χ1n) is 8.81. The Labute approximate surface area is 167 Å².